The monoisotopic (exact) mass is 228 g/mol. The van der Waals surface area contributed by atoms with Crippen molar-refractivity contribution in [2.45, 2.75) is 31.6 Å². The molecule has 4 N–H and O–H groups in total. The van der Waals surface area contributed by atoms with Crippen molar-refractivity contribution in [3.8, 4) is 0 Å². The van der Waals surface area contributed by atoms with Crippen molar-refractivity contribution in [2.24, 2.45) is 11.5 Å². The van der Waals surface area contributed by atoms with E-state index in [0.717, 1.165) is 29.4 Å². The molecule has 86 valence electrons. The molecule has 1 rings (SSSR count). The van der Waals surface area contributed by atoms with Gasteiger partial charge < -0.3 is 15.9 Å². The molecule has 1 aromatic heterocycles. The van der Waals surface area contributed by atoms with E-state index < -0.39 is 0 Å². The van der Waals surface area contributed by atoms with E-state index >= 15 is 0 Å². The van der Waals surface area contributed by atoms with E-state index in [1.807, 2.05) is 19.1 Å². The maximum atomic E-state index is 6.08. The predicted molar refractivity (Wildman–Crippen MR) is 65.8 cm³/mol. The van der Waals surface area contributed by atoms with Gasteiger partial charge in [0.15, 0.2) is 0 Å². The predicted octanol–water partition coefficient (Wildman–Crippen LogP) is 2.06. The van der Waals surface area contributed by atoms with E-state index in [2.05, 4.69) is 6.92 Å². The Morgan fingerprint density at radius 1 is 1.47 bits per heavy atom. The number of hydrogen-bond acceptors (Lipinski definition) is 4. The highest BCUT2D eigenvalue weighted by Gasteiger charge is 2.22. The summed E-state index contributed by atoms with van der Waals surface area (Å²) in [5.74, 6) is 3.68. The quantitative estimate of drug-likeness (QED) is 0.731. The normalized spacial score (nSPS) is 15.2. The van der Waals surface area contributed by atoms with Crippen LogP contribution < -0.4 is 11.5 Å². The molecule has 0 saturated heterocycles. The van der Waals surface area contributed by atoms with E-state index in [1.165, 1.54) is 0 Å². The minimum absolute atomic E-state index is 0.350. The summed E-state index contributed by atoms with van der Waals surface area (Å²) in [6.07, 6.45) is 0.871. The Bertz CT molecular complexity index is 297. The highest BCUT2D eigenvalue weighted by atomic mass is 32.2. The van der Waals surface area contributed by atoms with Crippen LogP contribution in [0.25, 0.3) is 0 Å². The summed E-state index contributed by atoms with van der Waals surface area (Å²) >= 11 is 1.78. The van der Waals surface area contributed by atoms with Crippen molar-refractivity contribution in [1.82, 2.24) is 0 Å². The van der Waals surface area contributed by atoms with Crippen LogP contribution in [0, 0.1) is 0 Å². The van der Waals surface area contributed by atoms with Crippen LogP contribution in [0.3, 0.4) is 0 Å². The molecule has 0 aromatic carbocycles. The Kier molecular flexibility index (Phi) is 4.70. The molecular formula is C11H20N2OS. The van der Waals surface area contributed by atoms with Crippen LogP contribution in [0.5, 0.6) is 0 Å². The van der Waals surface area contributed by atoms with E-state index in [1.54, 1.807) is 11.8 Å². The van der Waals surface area contributed by atoms with Crippen molar-refractivity contribution in [3.05, 3.63) is 23.7 Å². The van der Waals surface area contributed by atoms with Crippen LogP contribution in [-0.4, -0.2) is 12.3 Å². The molecular weight excluding hydrogens is 208 g/mol. The minimum atomic E-state index is -0.350. The number of rotatable bonds is 6. The van der Waals surface area contributed by atoms with Crippen LogP contribution in [0.1, 0.15) is 31.8 Å². The third kappa shape index (κ3) is 3.55. The van der Waals surface area contributed by atoms with Crippen LogP contribution in [-0.2, 0) is 11.3 Å². The Hall–Kier alpha value is -0.450. The Labute approximate surface area is 95.6 Å². The second kappa shape index (κ2) is 5.58. The van der Waals surface area contributed by atoms with Crippen LogP contribution in [0.4, 0.5) is 0 Å². The Morgan fingerprint density at radius 2 is 2.20 bits per heavy atom. The van der Waals surface area contributed by atoms with Gasteiger partial charge in [-0.05, 0) is 25.5 Å². The zero-order valence-electron chi connectivity index (χ0n) is 9.45. The fourth-order valence-electron chi connectivity index (χ4n) is 1.19. The molecule has 3 nitrogen and oxygen atoms in total. The second-order valence-electron chi connectivity index (χ2n) is 3.88. The lowest BCUT2D eigenvalue weighted by molar-refractivity contribution is 0.349. The van der Waals surface area contributed by atoms with Gasteiger partial charge >= 0.3 is 0 Å². The molecule has 0 radical (unpaired) electrons. The molecule has 0 aliphatic carbocycles. The first-order chi connectivity index (χ1) is 7.10. The lowest BCUT2D eigenvalue weighted by atomic mass is 9.98. The van der Waals surface area contributed by atoms with E-state index in [9.17, 15) is 0 Å². The molecule has 1 atom stereocenters. The number of furan rings is 1. The summed E-state index contributed by atoms with van der Waals surface area (Å²) < 4.78 is 5.70. The first kappa shape index (κ1) is 12.6. The summed E-state index contributed by atoms with van der Waals surface area (Å²) in [6, 6.07) is 3.97. The van der Waals surface area contributed by atoms with Gasteiger partial charge in [-0.2, -0.15) is 11.8 Å². The third-order valence-corrected chi connectivity index (χ3v) is 3.48. The molecule has 4 heteroatoms. The summed E-state index contributed by atoms with van der Waals surface area (Å²) in [5, 5.41) is 0. The second-order valence-corrected chi connectivity index (χ2v) is 4.98. The number of thioether (sulfide) groups is 1. The molecule has 0 fully saturated rings. The molecule has 0 aliphatic heterocycles. The van der Waals surface area contributed by atoms with Crippen LogP contribution in [0.15, 0.2) is 16.5 Å². The zero-order chi connectivity index (χ0) is 11.3. The standard InChI is InChI=1S/C11H20N2OS/c1-3-11(2,13)10-5-4-9(14-10)8-15-7-6-12/h4-5H,3,6-8,12-13H2,1-2H3. The molecule has 1 aromatic rings. The highest BCUT2D eigenvalue weighted by Crippen LogP contribution is 2.25. The Balaban J connectivity index is 2.56. The lowest BCUT2D eigenvalue weighted by Crippen LogP contribution is -2.31. The van der Waals surface area contributed by atoms with E-state index in [4.69, 9.17) is 15.9 Å². The molecule has 0 bridgehead atoms. The van der Waals surface area contributed by atoms with Gasteiger partial charge in [-0.1, -0.05) is 6.92 Å². The third-order valence-electron chi connectivity index (χ3n) is 2.47. The average molecular weight is 228 g/mol. The molecule has 15 heavy (non-hydrogen) atoms. The highest BCUT2D eigenvalue weighted by molar-refractivity contribution is 7.98. The molecule has 1 unspecified atom stereocenters. The van der Waals surface area contributed by atoms with Gasteiger partial charge in [-0.25, -0.2) is 0 Å². The van der Waals surface area contributed by atoms with Crippen molar-refractivity contribution < 1.29 is 4.42 Å². The summed E-state index contributed by atoms with van der Waals surface area (Å²) in [4.78, 5) is 0. The zero-order valence-corrected chi connectivity index (χ0v) is 10.3. The van der Waals surface area contributed by atoms with Crippen molar-refractivity contribution in [3.63, 3.8) is 0 Å². The average Bonchev–Trinajstić information content (AvgIpc) is 2.68. The van der Waals surface area contributed by atoms with Crippen molar-refractivity contribution in [1.29, 1.82) is 0 Å². The van der Waals surface area contributed by atoms with Crippen LogP contribution >= 0.6 is 11.8 Å². The van der Waals surface area contributed by atoms with Gasteiger partial charge in [-0.15, -0.1) is 0 Å². The molecule has 0 aliphatic rings. The van der Waals surface area contributed by atoms with Gasteiger partial charge in [0, 0.05) is 12.3 Å². The summed E-state index contributed by atoms with van der Waals surface area (Å²) in [6.45, 7) is 4.76. The summed E-state index contributed by atoms with van der Waals surface area (Å²) in [7, 11) is 0. The molecule has 0 amide bonds. The molecule has 0 saturated carbocycles. The fourth-order valence-corrected chi connectivity index (χ4v) is 1.86. The van der Waals surface area contributed by atoms with E-state index in [-0.39, 0.29) is 5.54 Å². The van der Waals surface area contributed by atoms with E-state index in [0.29, 0.717) is 6.54 Å². The lowest BCUT2D eigenvalue weighted by Gasteiger charge is -2.19. The SMILES string of the molecule is CCC(C)(N)c1ccc(CSCCN)o1. The van der Waals surface area contributed by atoms with Crippen molar-refractivity contribution in [2.75, 3.05) is 12.3 Å². The first-order valence-corrected chi connectivity index (χ1v) is 6.41. The number of hydrogen-bond donors (Lipinski definition) is 2. The molecule has 1 heterocycles. The minimum Gasteiger partial charge on any atom is -0.463 e. The smallest absolute Gasteiger partial charge is 0.123 e. The van der Waals surface area contributed by atoms with Gasteiger partial charge in [0.2, 0.25) is 0 Å². The fraction of sp³-hybridized carbons (Fsp3) is 0.636. The van der Waals surface area contributed by atoms with Crippen molar-refractivity contribution >= 4 is 11.8 Å². The van der Waals surface area contributed by atoms with Gasteiger partial charge in [-0.3, -0.25) is 0 Å². The summed E-state index contributed by atoms with van der Waals surface area (Å²) in [5.41, 5.74) is 11.2. The van der Waals surface area contributed by atoms with Gasteiger partial charge in [0.1, 0.15) is 11.5 Å². The van der Waals surface area contributed by atoms with Gasteiger partial charge in [0.25, 0.3) is 0 Å². The Morgan fingerprint density at radius 3 is 2.80 bits per heavy atom. The maximum Gasteiger partial charge on any atom is 0.123 e. The van der Waals surface area contributed by atoms with Crippen LogP contribution in [0.2, 0.25) is 0 Å². The number of nitrogens with two attached hydrogens (primary N) is 2. The first-order valence-electron chi connectivity index (χ1n) is 5.26. The maximum absolute atomic E-state index is 6.08. The largest absolute Gasteiger partial charge is 0.463 e. The molecule has 0 spiro atoms. The van der Waals surface area contributed by atoms with Gasteiger partial charge in [0.05, 0.1) is 11.3 Å². The topological polar surface area (TPSA) is 65.2 Å².